The number of carboxylic acid groups (broad SMARTS) is 1. The van der Waals surface area contributed by atoms with Crippen molar-refractivity contribution in [1.82, 2.24) is 0 Å². The summed E-state index contributed by atoms with van der Waals surface area (Å²) in [5, 5.41) is 97.4. The number of aliphatic hydroxyl groups excluding tert-OH is 4. The molecule has 12 saturated carbocycles. The molecule has 650 valence electrons. The first kappa shape index (κ1) is 89.2. The summed E-state index contributed by atoms with van der Waals surface area (Å²) in [6, 6.07) is 0. The van der Waals surface area contributed by atoms with Crippen LogP contribution in [-0.2, 0) is 76.5 Å². The Kier molecular flexibility index (Phi) is 23.7. The summed E-state index contributed by atoms with van der Waals surface area (Å²) in [4.78, 5) is 157. The van der Waals surface area contributed by atoms with Crippen molar-refractivity contribution in [3.05, 3.63) is 46.6 Å². The second kappa shape index (κ2) is 31.4. The molecule has 0 saturated heterocycles. The van der Waals surface area contributed by atoms with Gasteiger partial charge in [-0.05, 0) is 241 Å². The number of hydrogen-bond donors (Lipinski definition) is 9. The third kappa shape index (κ3) is 13.7. The summed E-state index contributed by atoms with van der Waals surface area (Å²) in [5.74, 6) is -4.87. The normalized spacial score (nSPS) is 45.7. The van der Waals surface area contributed by atoms with Crippen LogP contribution in [0.15, 0.2) is 46.6 Å². The maximum absolute atomic E-state index is 16.9. The minimum atomic E-state index is -1.91. The number of aliphatic hydroxyl groups is 8. The van der Waals surface area contributed by atoms with Gasteiger partial charge in [0.05, 0.1) is 31.2 Å². The number of carbonyl (C=O) groups is 13. The van der Waals surface area contributed by atoms with Gasteiger partial charge >= 0.3 is 23.9 Å². The van der Waals surface area contributed by atoms with Crippen LogP contribution in [0.5, 0.6) is 0 Å². The van der Waals surface area contributed by atoms with Gasteiger partial charge in [-0.25, -0.2) is 4.39 Å². The lowest BCUT2D eigenvalue weighted by Crippen LogP contribution is -2.69. The topological polar surface area (TPSA) is 432 Å². The van der Waals surface area contributed by atoms with E-state index < -0.39 is 153 Å². The molecule has 27 atom stereocenters. The number of carbonyl (C=O) groups excluding carboxylic acids is 12. The number of esters is 3. The standard InChI is InChI=1S/C25H34O8.C23H31FO6.C23H30O6.C21H30O5/c1-23-9-7-15(26)11-14(23)3-4-16-17-8-10-25(32,24(17,2)12-18(27)22(16)23)19(28)13-33-21(31)6-5-20(29)30;1-13(25)30-12-19(28)22(29)9-7-16-17-5-4-14-10-15(26)6-8-20(14,2)23(17,24)18(27)11-21(16,22)3;1-13(24)29-12-19(27)23(28)9-7-17-16-5-4-14-10-15(25)6-8-21(14,2)20(16)18(26)11-22(17,23)3;1-19-7-5-13(23)9-12(19)3-4-14-15-6-8-21(26,17(25)11-22)20(15,2)10-16(24)18(14)19/h11,16-18,22,27,32H,3-10,12-13H2,1-2H3,(H,29,30);10,16-18,27,29H,4-9,11-12H2,1-3H3;10,16-17,20,28H,4-9,11-12H2,1-3H3;9,14-16,18,22,24,26H,3-8,10-11H2,1-2H3/t16-,17-,18-,22+,23-,24-,25-;16-,17-,18-,20-,21-,22-,23-;16-,17-,20+,21-,22-,23-;14-,15-,16-,18+,19-,20-,21-/m0000/s1. The molecule has 26 heteroatoms. The van der Waals surface area contributed by atoms with Gasteiger partial charge in [0, 0.05) is 84.9 Å². The number of ether oxygens (including phenoxy) is 3. The highest BCUT2D eigenvalue weighted by molar-refractivity contribution is 5.97. The molecule has 0 aromatic rings. The lowest BCUT2D eigenvalue weighted by molar-refractivity contribution is -0.227. The van der Waals surface area contributed by atoms with Crippen molar-refractivity contribution >= 4 is 75.9 Å². The molecule has 0 amide bonds. The number of carboxylic acids is 1. The summed E-state index contributed by atoms with van der Waals surface area (Å²) < 4.78 is 31.6. The molecule has 0 aromatic carbocycles. The quantitative estimate of drug-likeness (QED) is 0.0578. The molecule has 0 bridgehead atoms. The molecular weight excluding hydrogens is 1520 g/mol. The van der Waals surface area contributed by atoms with E-state index in [2.05, 4.69) is 20.8 Å². The summed E-state index contributed by atoms with van der Waals surface area (Å²) >= 11 is 0. The fraction of sp³-hybridized carbons (Fsp3) is 0.772. The van der Waals surface area contributed by atoms with Crippen molar-refractivity contribution in [1.29, 1.82) is 0 Å². The average Bonchev–Trinajstić information content (AvgIpc) is 1.38. The third-order valence-electron chi connectivity index (χ3n) is 35.8. The summed E-state index contributed by atoms with van der Waals surface area (Å²) in [6.07, 6.45) is 18.1. The van der Waals surface area contributed by atoms with Crippen LogP contribution in [0.1, 0.15) is 262 Å². The van der Waals surface area contributed by atoms with Gasteiger partial charge in [0.15, 0.2) is 48.7 Å². The highest BCUT2D eigenvalue weighted by Gasteiger charge is 2.76. The van der Waals surface area contributed by atoms with Crippen molar-refractivity contribution in [2.45, 2.75) is 308 Å². The molecule has 0 aromatic heterocycles. The Morgan fingerprint density at radius 1 is 0.415 bits per heavy atom. The molecule has 0 unspecified atom stereocenters. The smallest absolute Gasteiger partial charge is 0.306 e. The number of alkyl halides is 1. The number of Topliss-reactive ketones (excluding diaryl/α,β-unsaturated/α-hetero) is 5. The highest BCUT2D eigenvalue weighted by atomic mass is 19.1. The molecule has 0 spiro atoms. The van der Waals surface area contributed by atoms with E-state index >= 15 is 4.39 Å². The number of halogens is 1. The Balaban J connectivity index is 0.000000137. The van der Waals surface area contributed by atoms with Gasteiger partial charge in [-0.1, -0.05) is 77.7 Å². The molecule has 16 aliphatic rings. The molecule has 0 heterocycles. The first-order valence-corrected chi connectivity index (χ1v) is 43.5. The summed E-state index contributed by atoms with van der Waals surface area (Å²) in [6.45, 7) is 15.9. The van der Waals surface area contributed by atoms with E-state index in [0.29, 0.717) is 83.5 Å². The number of hydrogen-bond acceptors (Lipinski definition) is 24. The fourth-order valence-electron chi connectivity index (χ4n) is 29.4. The predicted octanol–water partition coefficient (Wildman–Crippen LogP) is 8.98. The molecular formula is C92H125FO25. The van der Waals surface area contributed by atoms with Crippen LogP contribution in [0.25, 0.3) is 0 Å². The molecule has 16 rings (SSSR count). The second-order valence-corrected chi connectivity index (χ2v) is 40.7. The zero-order valence-electron chi connectivity index (χ0n) is 70.4. The van der Waals surface area contributed by atoms with E-state index in [1.165, 1.54) is 19.4 Å². The van der Waals surface area contributed by atoms with Gasteiger partial charge in [-0.2, -0.15) is 0 Å². The van der Waals surface area contributed by atoms with Gasteiger partial charge in [0.25, 0.3) is 0 Å². The zero-order chi connectivity index (χ0) is 86.4. The number of ketones is 9. The summed E-state index contributed by atoms with van der Waals surface area (Å²) in [5.41, 5.74) is -9.43. The number of fused-ring (bicyclic) bond motifs is 20. The number of aliphatic carboxylic acids is 1. The Bertz CT molecular complexity index is 4320. The minimum absolute atomic E-state index is 0.00553. The predicted molar refractivity (Wildman–Crippen MR) is 420 cm³/mol. The minimum Gasteiger partial charge on any atom is -0.481 e. The van der Waals surface area contributed by atoms with Crippen molar-refractivity contribution in [3.63, 3.8) is 0 Å². The SMILES string of the molecule is CC(=O)OCC(=O)[C@@]1(O)CC[C@H]2[C@@H]3CCC4=CC(=O)CC[C@]4(C)[C@@]3(F)[C@@H](O)C[C@@]21C.CC(=O)OCC(=O)[C@@]1(O)CC[C@H]2[C@@H]3CCC4=CC(=O)CC[C@]4(C)[C@H]3C(=O)C[C@@]21C.C[C@]12CCC(=O)C=C1CC[C@@H]1[C@@H]2[C@@H](O)C[C@@]2(C)[C@H]1CC[C@]2(O)C(=O)CO.C[C@]12CCC(=O)C=C1CC[C@@H]1[C@@H]2[C@@H](O)C[C@@]2(C)[C@H]1CC[C@]2(O)C(=O)COC(=O)CCC(=O)O. The molecule has 25 nitrogen and oxygen atoms in total. The van der Waals surface area contributed by atoms with Crippen LogP contribution < -0.4 is 0 Å². The van der Waals surface area contributed by atoms with E-state index in [1.807, 2.05) is 27.7 Å². The van der Waals surface area contributed by atoms with Crippen molar-refractivity contribution in [2.24, 2.45) is 108 Å². The monoisotopic (exact) mass is 1650 g/mol. The Morgan fingerprint density at radius 2 is 0.780 bits per heavy atom. The lowest BCUT2D eigenvalue weighted by Gasteiger charge is -2.63. The molecule has 0 radical (unpaired) electrons. The van der Waals surface area contributed by atoms with Crippen LogP contribution in [0.4, 0.5) is 4.39 Å². The van der Waals surface area contributed by atoms with Crippen LogP contribution in [-0.4, -0.2) is 195 Å². The van der Waals surface area contributed by atoms with Gasteiger partial charge in [-0.15, -0.1) is 0 Å². The Hall–Kier alpha value is -6.52. The maximum Gasteiger partial charge on any atom is 0.306 e. The first-order valence-electron chi connectivity index (χ1n) is 43.5. The molecule has 12 fully saturated rings. The van der Waals surface area contributed by atoms with Gasteiger partial charge in [0.2, 0.25) is 17.3 Å². The average molecular weight is 1650 g/mol. The van der Waals surface area contributed by atoms with Crippen molar-refractivity contribution < 1.29 is 127 Å². The van der Waals surface area contributed by atoms with E-state index in [9.17, 15) is 103 Å². The molecule has 16 aliphatic carbocycles. The van der Waals surface area contributed by atoms with Crippen LogP contribution in [0.3, 0.4) is 0 Å². The van der Waals surface area contributed by atoms with Gasteiger partial charge in [-0.3, -0.25) is 62.3 Å². The van der Waals surface area contributed by atoms with Gasteiger partial charge < -0.3 is 60.2 Å². The number of allylic oxidation sites excluding steroid dienone is 4. The van der Waals surface area contributed by atoms with Crippen LogP contribution in [0.2, 0.25) is 0 Å². The largest absolute Gasteiger partial charge is 0.481 e. The molecule has 9 N–H and O–H groups in total. The second-order valence-electron chi connectivity index (χ2n) is 40.7. The number of rotatable bonds is 14. The van der Waals surface area contributed by atoms with Crippen molar-refractivity contribution in [2.75, 3.05) is 26.4 Å². The van der Waals surface area contributed by atoms with E-state index in [0.717, 1.165) is 74.5 Å². The molecule has 118 heavy (non-hydrogen) atoms. The van der Waals surface area contributed by atoms with E-state index in [-0.39, 0.29) is 156 Å². The van der Waals surface area contributed by atoms with Crippen molar-refractivity contribution in [3.8, 4) is 0 Å². The molecule has 0 aliphatic heterocycles. The van der Waals surface area contributed by atoms with E-state index in [4.69, 9.17) is 19.3 Å². The lowest BCUT2D eigenvalue weighted by atomic mass is 9.44. The Labute approximate surface area is 689 Å². The van der Waals surface area contributed by atoms with Gasteiger partial charge in [0.1, 0.15) is 40.5 Å². The van der Waals surface area contributed by atoms with E-state index in [1.54, 1.807) is 31.2 Å². The zero-order valence-corrected chi connectivity index (χ0v) is 70.4. The first-order chi connectivity index (χ1) is 55.0. The fourth-order valence-corrected chi connectivity index (χ4v) is 29.4. The highest BCUT2D eigenvalue weighted by Crippen LogP contribution is 2.74. The summed E-state index contributed by atoms with van der Waals surface area (Å²) in [7, 11) is 0. The van der Waals surface area contributed by atoms with Crippen LogP contribution in [0, 0.1) is 108 Å². The third-order valence-corrected chi connectivity index (χ3v) is 35.8. The maximum atomic E-state index is 16.9. The Morgan fingerprint density at radius 3 is 1.22 bits per heavy atom. The van der Waals surface area contributed by atoms with Crippen LogP contribution >= 0.6 is 0 Å².